The topological polar surface area (TPSA) is 38.4 Å². The van der Waals surface area contributed by atoms with E-state index in [0.29, 0.717) is 6.07 Å². The quantitative estimate of drug-likeness (QED) is 0.366. The van der Waals surface area contributed by atoms with Crippen LogP contribution in [-0.2, 0) is 6.18 Å². The molecule has 0 aromatic heterocycles. The number of nitrogens with zero attached hydrogens (tertiary/aromatic N) is 1. The van der Waals surface area contributed by atoms with E-state index in [2.05, 4.69) is 21.0 Å². The lowest BCUT2D eigenvalue weighted by atomic mass is 10.1. The van der Waals surface area contributed by atoms with Crippen LogP contribution in [0.5, 0.6) is 0 Å². The first-order valence-corrected chi connectivity index (χ1v) is 4.45. The van der Waals surface area contributed by atoms with Crippen molar-refractivity contribution < 1.29 is 17.6 Å². The molecule has 0 aliphatic heterocycles. The highest BCUT2D eigenvalue weighted by Gasteiger charge is 2.35. The third-order valence-corrected chi connectivity index (χ3v) is 2.04. The molecule has 0 fully saturated rings. The number of hydrogen-bond donors (Lipinski definition) is 1. The van der Waals surface area contributed by atoms with E-state index in [1.807, 2.05) is 0 Å². The monoisotopic (exact) mass is 284 g/mol. The minimum absolute atomic E-state index is 0.103. The molecule has 0 aliphatic carbocycles. The van der Waals surface area contributed by atoms with Gasteiger partial charge in [0.15, 0.2) is 0 Å². The fraction of sp³-hybridized carbons (Fsp3) is 0.125. The summed E-state index contributed by atoms with van der Waals surface area (Å²) in [5.41, 5.74) is -1.68. The van der Waals surface area contributed by atoms with Crippen LogP contribution in [0.2, 0.25) is 0 Å². The van der Waals surface area contributed by atoms with Gasteiger partial charge in [-0.15, -0.1) is 0 Å². The smallest absolute Gasteiger partial charge is 0.323 e. The summed E-state index contributed by atoms with van der Waals surface area (Å²) in [4.78, 5) is 0. The second kappa shape index (κ2) is 4.18. The average molecular weight is 285 g/mol. The Morgan fingerprint density at radius 2 is 1.93 bits per heavy atom. The maximum Gasteiger partial charge on any atom is 0.419 e. The van der Waals surface area contributed by atoms with E-state index in [1.165, 1.54) is 0 Å². The lowest BCUT2D eigenvalue weighted by molar-refractivity contribution is -0.140. The minimum Gasteiger partial charge on any atom is -0.323 e. The molecular weight excluding hydrogens is 280 g/mol. The second-order valence-electron chi connectivity index (χ2n) is 2.63. The van der Waals surface area contributed by atoms with Gasteiger partial charge in [0.05, 0.1) is 11.8 Å². The number of alkyl halides is 3. The van der Waals surface area contributed by atoms with Crippen LogP contribution < -0.4 is 5.84 Å². The molecule has 0 heterocycles. The molecule has 1 aromatic rings. The molecule has 0 aliphatic rings. The third kappa shape index (κ3) is 2.68. The van der Waals surface area contributed by atoms with Crippen LogP contribution in [0.1, 0.15) is 11.1 Å². The summed E-state index contributed by atoms with van der Waals surface area (Å²) in [6.07, 6.45) is -3.93. The highest BCUT2D eigenvalue weighted by atomic mass is 79.9. The lowest BCUT2D eigenvalue weighted by Gasteiger charge is -2.09. The van der Waals surface area contributed by atoms with Crippen LogP contribution in [0.25, 0.3) is 0 Å². The third-order valence-electron chi connectivity index (χ3n) is 1.58. The van der Waals surface area contributed by atoms with Crippen molar-refractivity contribution in [2.45, 2.75) is 6.18 Å². The molecule has 0 atom stereocenters. The van der Waals surface area contributed by atoms with E-state index in [1.54, 1.807) is 0 Å². The first kappa shape index (κ1) is 12.0. The van der Waals surface area contributed by atoms with Crippen molar-refractivity contribution in [3.05, 3.63) is 33.5 Å². The van der Waals surface area contributed by atoms with Gasteiger partial charge in [0.2, 0.25) is 0 Å². The van der Waals surface area contributed by atoms with Crippen molar-refractivity contribution >= 4 is 22.1 Å². The van der Waals surface area contributed by atoms with Gasteiger partial charge in [-0.3, -0.25) is 0 Å². The molecule has 2 nitrogen and oxygen atoms in total. The Hall–Kier alpha value is -1.11. The number of benzene rings is 1. The van der Waals surface area contributed by atoms with Gasteiger partial charge >= 0.3 is 6.18 Å². The minimum atomic E-state index is -4.74. The van der Waals surface area contributed by atoms with Gasteiger partial charge in [-0.1, -0.05) is 15.9 Å². The molecule has 0 unspecified atom stereocenters. The van der Waals surface area contributed by atoms with Gasteiger partial charge in [-0.25, -0.2) is 4.39 Å². The Morgan fingerprint density at radius 3 is 2.40 bits per heavy atom. The molecule has 1 aromatic carbocycles. The zero-order valence-electron chi connectivity index (χ0n) is 7.15. The van der Waals surface area contributed by atoms with Crippen LogP contribution >= 0.6 is 15.9 Å². The average Bonchev–Trinajstić information content (AvgIpc) is 2.09. The standard InChI is InChI=1S/C8H5BrF4N2/c9-5-1-4(3-15-14)7(10)6(2-5)8(11,12)13/h1-3H,14H2. The fourth-order valence-corrected chi connectivity index (χ4v) is 1.47. The van der Waals surface area contributed by atoms with Crippen LogP contribution in [0.15, 0.2) is 21.7 Å². The van der Waals surface area contributed by atoms with Crippen molar-refractivity contribution in [2.75, 3.05) is 0 Å². The van der Waals surface area contributed by atoms with Crippen LogP contribution in [0.3, 0.4) is 0 Å². The Bertz CT molecular complexity index is 400. The van der Waals surface area contributed by atoms with Crippen LogP contribution in [0.4, 0.5) is 17.6 Å². The van der Waals surface area contributed by atoms with E-state index in [9.17, 15) is 17.6 Å². The predicted molar refractivity (Wildman–Crippen MR) is 50.9 cm³/mol. The second-order valence-corrected chi connectivity index (χ2v) is 3.55. The molecule has 0 saturated carbocycles. The number of hydrazone groups is 1. The van der Waals surface area contributed by atoms with Crippen LogP contribution in [0, 0.1) is 5.82 Å². The van der Waals surface area contributed by atoms with Crippen molar-refractivity contribution in [3.63, 3.8) is 0 Å². The highest BCUT2D eigenvalue weighted by Crippen LogP contribution is 2.34. The first-order valence-electron chi connectivity index (χ1n) is 3.65. The van der Waals surface area contributed by atoms with Gasteiger partial charge < -0.3 is 5.84 Å². The molecule has 0 radical (unpaired) electrons. The lowest BCUT2D eigenvalue weighted by Crippen LogP contribution is -2.10. The summed E-state index contributed by atoms with van der Waals surface area (Å²) >= 11 is 2.84. The predicted octanol–water partition coefficient (Wildman–Crippen LogP) is 2.90. The van der Waals surface area contributed by atoms with Gasteiger partial charge in [0.1, 0.15) is 5.82 Å². The van der Waals surface area contributed by atoms with Crippen LogP contribution in [-0.4, -0.2) is 6.21 Å². The molecule has 82 valence electrons. The molecule has 2 N–H and O–H groups in total. The van der Waals surface area contributed by atoms with Gasteiger partial charge in [0, 0.05) is 10.0 Å². The maximum absolute atomic E-state index is 13.2. The molecule has 0 amide bonds. The summed E-state index contributed by atoms with van der Waals surface area (Å²) in [5, 5.41) is 2.98. The van der Waals surface area contributed by atoms with Crippen molar-refractivity contribution in [2.24, 2.45) is 10.9 Å². The van der Waals surface area contributed by atoms with Crippen molar-refractivity contribution in [3.8, 4) is 0 Å². The SMILES string of the molecule is NN=Cc1cc(Br)cc(C(F)(F)F)c1F. The maximum atomic E-state index is 13.2. The van der Waals surface area contributed by atoms with Gasteiger partial charge in [0.25, 0.3) is 0 Å². The summed E-state index contributed by atoms with van der Waals surface area (Å²) in [6.45, 7) is 0. The Balaban J connectivity index is 3.41. The van der Waals surface area contributed by atoms with E-state index < -0.39 is 17.6 Å². The summed E-state index contributed by atoms with van der Waals surface area (Å²) < 4.78 is 50.3. The van der Waals surface area contributed by atoms with E-state index in [0.717, 1.165) is 12.3 Å². The summed E-state index contributed by atoms with van der Waals surface area (Å²) in [5.74, 6) is 3.36. The van der Waals surface area contributed by atoms with Gasteiger partial charge in [-0.05, 0) is 12.1 Å². The number of halogens is 5. The zero-order valence-corrected chi connectivity index (χ0v) is 8.73. The van der Waals surface area contributed by atoms with E-state index in [4.69, 9.17) is 5.84 Å². The zero-order chi connectivity index (χ0) is 11.6. The highest BCUT2D eigenvalue weighted by molar-refractivity contribution is 9.10. The molecule has 15 heavy (non-hydrogen) atoms. The molecule has 0 spiro atoms. The van der Waals surface area contributed by atoms with E-state index >= 15 is 0 Å². The normalized spacial score (nSPS) is 12.3. The fourth-order valence-electron chi connectivity index (χ4n) is 0.991. The molecule has 7 heteroatoms. The van der Waals surface area contributed by atoms with Gasteiger partial charge in [-0.2, -0.15) is 18.3 Å². The first-order chi connectivity index (χ1) is 6.86. The summed E-state index contributed by atoms with van der Waals surface area (Å²) in [6, 6.07) is 1.81. The molecular formula is C8H5BrF4N2. The molecule has 1 rings (SSSR count). The Morgan fingerprint density at radius 1 is 1.33 bits per heavy atom. The van der Waals surface area contributed by atoms with E-state index in [-0.39, 0.29) is 10.0 Å². The summed E-state index contributed by atoms with van der Waals surface area (Å²) in [7, 11) is 0. The molecule has 0 saturated heterocycles. The Labute approximate surface area is 90.9 Å². The Kier molecular flexibility index (Phi) is 3.33. The van der Waals surface area contributed by atoms with Crippen molar-refractivity contribution in [1.82, 2.24) is 0 Å². The number of hydrogen-bond acceptors (Lipinski definition) is 2. The molecule has 0 bridgehead atoms. The number of rotatable bonds is 1. The number of nitrogens with two attached hydrogens (primary N) is 1. The van der Waals surface area contributed by atoms with Crippen molar-refractivity contribution in [1.29, 1.82) is 0 Å². The largest absolute Gasteiger partial charge is 0.419 e.